The minimum atomic E-state index is -0.564. The number of hydrogen-bond acceptors (Lipinski definition) is 2. The highest BCUT2D eigenvalue weighted by atomic mass is 19.1. The standard InChI is InChI=1S/C12H15FN2O/c1-2-7-5-11(7)15-12(16)9-4-3-8(14)6-10(9)13/h3-4,6-7,11H,2,5,14H2,1H3,(H,15,16). The molecule has 1 aromatic rings. The molecule has 0 bridgehead atoms. The Morgan fingerprint density at radius 1 is 1.62 bits per heavy atom. The number of carbonyl (C=O) groups excluding carboxylic acids is 1. The molecule has 0 aromatic heterocycles. The van der Waals surface area contributed by atoms with E-state index in [1.807, 2.05) is 0 Å². The van der Waals surface area contributed by atoms with E-state index in [-0.39, 0.29) is 17.5 Å². The van der Waals surface area contributed by atoms with Crippen LogP contribution in [-0.4, -0.2) is 11.9 Å². The molecule has 4 heteroatoms. The second kappa shape index (κ2) is 4.12. The van der Waals surface area contributed by atoms with E-state index < -0.39 is 5.82 Å². The molecule has 1 aliphatic rings. The van der Waals surface area contributed by atoms with Gasteiger partial charge >= 0.3 is 0 Å². The fraction of sp³-hybridized carbons (Fsp3) is 0.417. The summed E-state index contributed by atoms with van der Waals surface area (Å²) in [4.78, 5) is 11.7. The summed E-state index contributed by atoms with van der Waals surface area (Å²) in [6, 6.07) is 4.33. The first-order chi connectivity index (χ1) is 7.61. The second-order valence-corrected chi connectivity index (χ2v) is 4.22. The minimum Gasteiger partial charge on any atom is -0.399 e. The lowest BCUT2D eigenvalue weighted by Gasteiger charge is -2.05. The van der Waals surface area contributed by atoms with E-state index in [9.17, 15) is 9.18 Å². The van der Waals surface area contributed by atoms with Crippen molar-refractivity contribution in [3.8, 4) is 0 Å². The Hall–Kier alpha value is -1.58. The van der Waals surface area contributed by atoms with Crippen LogP contribution in [0.15, 0.2) is 18.2 Å². The second-order valence-electron chi connectivity index (χ2n) is 4.22. The van der Waals surface area contributed by atoms with Crippen LogP contribution in [0.4, 0.5) is 10.1 Å². The molecule has 2 unspecified atom stereocenters. The number of benzene rings is 1. The zero-order chi connectivity index (χ0) is 11.7. The van der Waals surface area contributed by atoms with Gasteiger partial charge in [-0.1, -0.05) is 13.3 Å². The third-order valence-electron chi connectivity index (χ3n) is 3.00. The third-order valence-corrected chi connectivity index (χ3v) is 3.00. The zero-order valence-corrected chi connectivity index (χ0v) is 9.16. The first-order valence-electron chi connectivity index (χ1n) is 5.47. The number of halogens is 1. The Bertz CT molecular complexity index is 419. The molecule has 16 heavy (non-hydrogen) atoms. The first kappa shape index (κ1) is 10.9. The highest BCUT2D eigenvalue weighted by Crippen LogP contribution is 2.33. The van der Waals surface area contributed by atoms with Crippen LogP contribution in [0.3, 0.4) is 0 Å². The Kier molecular flexibility index (Phi) is 2.81. The quantitative estimate of drug-likeness (QED) is 0.768. The van der Waals surface area contributed by atoms with Crippen molar-refractivity contribution >= 4 is 11.6 Å². The normalized spacial score (nSPS) is 22.9. The Morgan fingerprint density at radius 2 is 2.38 bits per heavy atom. The molecule has 0 radical (unpaired) electrons. The van der Waals surface area contributed by atoms with Crippen molar-refractivity contribution in [3.05, 3.63) is 29.6 Å². The maximum Gasteiger partial charge on any atom is 0.254 e. The van der Waals surface area contributed by atoms with E-state index in [1.54, 1.807) is 0 Å². The van der Waals surface area contributed by atoms with Gasteiger partial charge in [-0.05, 0) is 30.5 Å². The van der Waals surface area contributed by atoms with Gasteiger partial charge in [0.1, 0.15) is 5.82 Å². The van der Waals surface area contributed by atoms with Gasteiger partial charge < -0.3 is 11.1 Å². The van der Waals surface area contributed by atoms with Gasteiger partial charge in [-0.15, -0.1) is 0 Å². The van der Waals surface area contributed by atoms with Gasteiger partial charge in [0.2, 0.25) is 0 Å². The average Bonchev–Trinajstić information content (AvgIpc) is 2.96. The van der Waals surface area contributed by atoms with Gasteiger partial charge in [0.25, 0.3) is 5.91 Å². The summed E-state index contributed by atoms with van der Waals surface area (Å²) in [5.41, 5.74) is 5.80. The summed E-state index contributed by atoms with van der Waals surface area (Å²) < 4.78 is 13.4. The molecule has 86 valence electrons. The minimum absolute atomic E-state index is 0.0657. The largest absolute Gasteiger partial charge is 0.399 e. The van der Waals surface area contributed by atoms with Gasteiger partial charge in [-0.2, -0.15) is 0 Å². The number of nitrogens with one attached hydrogen (secondary N) is 1. The van der Waals surface area contributed by atoms with Gasteiger partial charge in [0.05, 0.1) is 5.56 Å². The number of anilines is 1. The van der Waals surface area contributed by atoms with Crippen molar-refractivity contribution in [2.75, 3.05) is 5.73 Å². The van der Waals surface area contributed by atoms with E-state index in [0.717, 1.165) is 12.8 Å². The maximum atomic E-state index is 13.4. The summed E-state index contributed by atoms with van der Waals surface area (Å²) in [6.45, 7) is 2.08. The summed E-state index contributed by atoms with van der Waals surface area (Å²) in [5.74, 6) is -0.356. The predicted octanol–water partition coefficient (Wildman–Crippen LogP) is 1.94. The lowest BCUT2D eigenvalue weighted by molar-refractivity contribution is 0.0945. The monoisotopic (exact) mass is 222 g/mol. The molecule has 0 heterocycles. The smallest absolute Gasteiger partial charge is 0.254 e. The van der Waals surface area contributed by atoms with Gasteiger partial charge in [0, 0.05) is 11.7 Å². The van der Waals surface area contributed by atoms with E-state index in [2.05, 4.69) is 12.2 Å². The molecule has 0 spiro atoms. The van der Waals surface area contributed by atoms with E-state index in [0.29, 0.717) is 11.6 Å². The van der Waals surface area contributed by atoms with Crippen LogP contribution in [0.1, 0.15) is 30.1 Å². The Labute approximate surface area is 93.8 Å². The molecule has 1 aliphatic carbocycles. The number of hydrogen-bond donors (Lipinski definition) is 2. The number of amides is 1. The van der Waals surface area contributed by atoms with Crippen molar-refractivity contribution in [1.82, 2.24) is 5.32 Å². The molecule has 2 atom stereocenters. The fourth-order valence-electron chi connectivity index (χ4n) is 1.84. The molecular weight excluding hydrogens is 207 g/mol. The van der Waals surface area contributed by atoms with Crippen LogP contribution >= 0.6 is 0 Å². The van der Waals surface area contributed by atoms with Crippen LogP contribution in [0, 0.1) is 11.7 Å². The van der Waals surface area contributed by atoms with Crippen molar-refractivity contribution in [2.24, 2.45) is 5.92 Å². The SMILES string of the molecule is CCC1CC1NC(=O)c1ccc(N)cc1F. The Morgan fingerprint density at radius 3 is 2.94 bits per heavy atom. The third kappa shape index (κ3) is 2.15. The topological polar surface area (TPSA) is 55.1 Å². The van der Waals surface area contributed by atoms with Crippen molar-refractivity contribution in [2.45, 2.75) is 25.8 Å². The summed E-state index contributed by atoms with van der Waals surface area (Å²) in [7, 11) is 0. The van der Waals surface area contributed by atoms with Gasteiger partial charge in [0.15, 0.2) is 0 Å². The maximum absolute atomic E-state index is 13.4. The predicted molar refractivity (Wildman–Crippen MR) is 60.5 cm³/mol. The molecule has 0 saturated heterocycles. The van der Waals surface area contributed by atoms with E-state index in [1.165, 1.54) is 18.2 Å². The van der Waals surface area contributed by atoms with Gasteiger partial charge in [-0.3, -0.25) is 4.79 Å². The molecule has 0 aliphatic heterocycles. The molecule has 1 aromatic carbocycles. The van der Waals surface area contributed by atoms with Crippen LogP contribution in [0.2, 0.25) is 0 Å². The summed E-state index contributed by atoms with van der Waals surface area (Å²) in [5, 5.41) is 2.81. The van der Waals surface area contributed by atoms with Crippen LogP contribution < -0.4 is 11.1 Å². The molecule has 1 saturated carbocycles. The lowest BCUT2D eigenvalue weighted by atomic mass is 10.2. The van der Waals surface area contributed by atoms with Crippen LogP contribution in [0.25, 0.3) is 0 Å². The van der Waals surface area contributed by atoms with Crippen molar-refractivity contribution in [1.29, 1.82) is 0 Å². The van der Waals surface area contributed by atoms with E-state index >= 15 is 0 Å². The van der Waals surface area contributed by atoms with Gasteiger partial charge in [-0.25, -0.2) is 4.39 Å². The average molecular weight is 222 g/mol. The molecule has 2 rings (SSSR count). The van der Waals surface area contributed by atoms with Crippen LogP contribution in [-0.2, 0) is 0 Å². The number of rotatable bonds is 3. The lowest BCUT2D eigenvalue weighted by Crippen LogP contribution is -2.27. The van der Waals surface area contributed by atoms with Crippen molar-refractivity contribution < 1.29 is 9.18 Å². The molecule has 1 amide bonds. The van der Waals surface area contributed by atoms with E-state index in [4.69, 9.17) is 5.73 Å². The highest BCUT2D eigenvalue weighted by Gasteiger charge is 2.36. The molecule has 3 nitrogen and oxygen atoms in total. The van der Waals surface area contributed by atoms with Crippen molar-refractivity contribution in [3.63, 3.8) is 0 Å². The number of carbonyl (C=O) groups is 1. The number of nitrogen functional groups attached to an aromatic ring is 1. The first-order valence-corrected chi connectivity index (χ1v) is 5.47. The summed E-state index contributed by atoms with van der Waals surface area (Å²) in [6.07, 6.45) is 2.05. The Balaban J connectivity index is 2.04. The summed E-state index contributed by atoms with van der Waals surface area (Å²) >= 11 is 0. The molecule has 1 fully saturated rings. The number of nitrogens with two attached hydrogens (primary N) is 1. The molecule has 3 N–H and O–H groups in total. The highest BCUT2D eigenvalue weighted by molar-refractivity contribution is 5.95. The molecular formula is C12H15FN2O. The van der Waals surface area contributed by atoms with Crippen LogP contribution in [0.5, 0.6) is 0 Å². The zero-order valence-electron chi connectivity index (χ0n) is 9.16. The fourth-order valence-corrected chi connectivity index (χ4v) is 1.84.